The van der Waals surface area contributed by atoms with Crippen LogP contribution in [-0.4, -0.2) is 13.2 Å². The normalized spacial score (nSPS) is 15.8. The maximum absolute atomic E-state index is 6.00. The summed E-state index contributed by atoms with van der Waals surface area (Å²) < 4.78 is 11.6. The van der Waals surface area contributed by atoms with Crippen molar-refractivity contribution in [2.24, 2.45) is 0 Å². The van der Waals surface area contributed by atoms with E-state index in [1.54, 1.807) is 7.11 Å². The highest BCUT2D eigenvalue weighted by Crippen LogP contribution is 2.28. The van der Waals surface area contributed by atoms with E-state index in [4.69, 9.17) is 9.47 Å². The maximum atomic E-state index is 6.00. The summed E-state index contributed by atoms with van der Waals surface area (Å²) >= 11 is 0. The summed E-state index contributed by atoms with van der Waals surface area (Å²) in [5.41, 5.74) is 3.74. The highest BCUT2D eigenvalue weighted by atomic mass is 16.5. The van der Waals surface area contributed by atoms with Gasteiger partial charge in [0.15, 0.2) is 11.5 Å². The Balaban J connectivity index is 1.55. The predicted molar refractivity (Wildman–Crippen MR) is 110 cm³/mol. The Labute approximate surface area is 164 Å². The summed E-state index contributed by atoms with van der Waals surface area (Å²) in [5, 5.41) is 2.52. The molecule has 1 aliphatic rings. The molecule has 0 radical (unpaired) electrons. The second-order valence-electron chi connectivity index (χ2n) is 7.80. The van der Waals surface area contributed by atoms with Crippen molar-refractivity contribution in [1.29, 1.82) is 0 Å². The van der Waals surface area contributed by atoms with Crippen LogP contribution in [0.4, 0.5) is 0 Å². The highest BCUT2D eigenvalue weighted by molar-refractivity contribution is 5.43. The molecule has 0 amide bonds. The first-order chi connectivity index (χ1) is 13.2. The second kappa shape index (κ2) is 10.4. The van der Waals surface area contributed by atoms with Crippen LogP contribution >= 0.6 is 0 Å². The van der Waals surface area contributed by atoms with Crippen molar-refractivity contribution in [3.05, 3.63) is 59.2 Å². The largest absolute Gasteiger partial charge is 0.493 e. The summed E-state index contributed by atoms with van der Waals surface area (Å²) in [7, 11) is 1.72. The van der Waals surface area contributed by atoms with E-state index in [1.807, 2.05) is 6.07 Å². The number of ether oxygens (including phenoxy) is 2. The quantitative estimate of drug-likeness (QED) is 0.765. The lowest BCUT2D eigenvalue weighted by atomic mass is 9.96. The van der Waals surface area contributed by atoms with Gasteiger partial charge in [0.2, 0.25) is 0 Å². The van der Waals surface area contributed by atoms with Crippen molar-refractivity contribution >= 4 is 0 Å². The van der Waals surface area contributed by atoms with Crippen molar-refractivity contribution in [3.63, 3.8) is 0 Å². The zero-order chi connectivity index (χ0) is 18.9. The van der Waals surface area contributed by atoms with Gasteiger partial charge in [-0.15, -0.1) is 0 Å². The Morgan fingerprint density at radius 2 is 1.52 bits per heavy atom. The first-order valence-electron chi connectivity index (χ1n) is 10.4. The molecule has 1 fully saturated rings. The van der Waals surface area contributed by atoms with Gasteiger partial charge in [0.05, 0.1) is 13.2 Å². The molecule has 27 heavy (non-hydrogen) atoms. The van der Waals surface area contributed by atoms with E-state index >= 15 is 0 Å². The third-order valence-electron chi connectivity index (χ3n) is 5.58. The van der Waals surface area contributed by atoms with Crippen molar-refractivity contribution in [2.75, 3.05) is 7.11 Å². The van der Waals surface area contributed by atoms with E-state index in [9.17, 15) is 0 Å². The number of nitrogens with two attached hydrogens (primary N) is 1. The predicted octanol–water partition coefficient (Wildman–Crippen LogP) is 4.76. The molecule has 2 aromatic carbocycles. The Morgan fingerprint density at radius 3 is 2.22 bits per heavy atom. The number of hydrogen-bond donors (Lipinski definition) is 1. The van der Waals surface area contributed by atoms with E-state index < -0.39 is 0 Å². The van der Waals surface area contributed by atoms with E-state index in [0.29, 0.717) is 6.61 Å². The zero-order valence-corrected chi connectivity index (χ0v) is 16.9. The molecule has 0 spiro atoms. The highest BCUT2D eigenvalue weighted by Gasteiger charge is 2.14. The monoisotopic (exact) mass is 368 g/mol. The lowest BCUT2D eigenvalue weighted by molar-refractivity contribution is -0.706. The molecule has 1 saturated carbocycles. The molecule has 146 valence electrons. The van der Waals surface area contributed by atoms with Gasteiger partial charge in [-0.25, -0.2) is 0 Å². The third kappa shape index (κ3) is 6.28. The van der Waals surface area contributed by atoms with Gasteiger partial charge in [-0.1, -0.05) is 49.1 Å². The topological polar surface area (TPSA) is 35.1 Å². The summed E-state index contributed by atoms with van der Waals surface area (Å²) in [5.74, 6) is 1.64. The van der Waals surface area contributed by atoms with Gasteiger partial charge in [-0.3, -0.25) is 0 Å². The SMILES string of the molecule is COc1cc(C[NH2+]C2CCCCCCC2)ccc1OCc1ccc(C)cc1. The van der Waals surface area contributed by atoms with Gasteiger partial charge in [-0.05, 0) is 56.4 Å². The average molecular weight is 369 g/mol. The molecule has 3 rings (SSSR count). The molecule has 3 nitrogen and oxygen atoms in total. The fraction of sp³-hybridized carbons (Fsp3) is 0.500. The fourth-order valence-electron chi connectivity index (χ4n) is 3.83. The molecule has 0 atom stereocenters. The first-order valence-corrected chi connectivity index (χ1v) is 10.4. The Hall–Kier alpha value is -2.00. The molecule has 0 heterocycles. The maximum Gasteiger partial charge on any atom is 0.161 e. The first kappa shape index (κ1) is 19.8. The number of benzene rings is 2. The Kier molecular flexibility index (Phi) is 7.58. The molecule has 1 aliphatic carbocycles. The molecule has 0 unspecified atom stereocenters. The van der Waals surface area contributed by atoms with Gasteiger partial charge in [0.1, 0.15) is 13.2 Å². The molecule has 0 bridgehead atoms. The molecule has 0 aliphatic heterocycles. The average Bonchev–Trinajstić information content (AvgIpc) is 2.67. The van der Waals surface area contributed by atoms with Crippen LogP contribution in [0.1, 0.15) is 61.6 Å². The van der Waals surface area contributed by atoms with E-state index in [2.05, 4.69) is 48.6 Å². The van der Waals surface area contributed by atoms with E-state index in [-0.39, 0.29) is 0 Å². The van der Waals surface area contributed by atoms with Crippen LogP contribution < -0.4 is 14.8 Å². The van der Waals surface area contributed by atoms with Crippen LogP contribution in [0.25, 0.3) is 0 Å². The number of methoxy groups -OCH3 is 1. The second-order valence-corrected chi connectivity index (χ2v) is 7.80. The minimum atomic E-state index is 0.560. The van der Waals surface area contributed by atoms with Crippen molar-refractivity contribution < 1.29 is 14.8 Å². The van der Waals surface area contributed by atoms with Crippen LogP contribution in [0.2, 0.25) is 0 Å². The molecule has 2 N–H and O–H groups in total. The summed E-state index contributed by atoms with van der Waals surface area (Å²) in [6.45, 7) is 3.67. The summed E-state index contributed by atoms with van der Waals surface area (Å²) in [6, 6.07) is 15.6. The molecular weight excluding hydrogens is 334 g/mol. The standard InChI is InChI=1S/C24H33NO2/c1-19-10-12-20(13-11-19)18-27-23-15-14-21(16-24(23)26-2)17-25-22-8-6-4-3-5-7-9-22/h10-16,22,25H,3-9,17-18H2,1-2H3/p+1. The molecule has 0 aromatic heterocycles. The summed E-state index contributed by atoms with van der Waals surface area (Å²) in [6.07, 6.45) is 9.72. The number of quaternary nitrogens is 1. The van der Waals surface area contributed by atoms with Crippen LogP contribution in [0.15, 0.2) is 42.5 Å². The van der Waals surface area contributed by atoms with Gasteiger partial charge in [-0.2, -0.15) is 0 Å². The van der Waals surface area contributed by atoms with Crippen LogP contribution in [0.3, 0.4) is 0 Å². The fourth-order valence-corrected chi connectivity index (χ4v) is 3.83. The van der Waals surface area contributed by atoms with Crippen LogP contribution in [-0.2, 0) is 13.2 Å². The smallest absolute Gasteiger partial charge is 0.161 e. The van der Waals surface area contributed by atoms with E-state index in [1.165, 1.54) is 61.6 Å². The Morgan fingerprint density at radius 1 is 0.852 bits per heavy atom. The van der Waals surface area contributed by atoms with Crippen molar-refractivity contribution in [1.82, 2.24) is 0 Å². The molecule has 3 heteroatoms. The lowest BCUT2D eigenvalue weighted by Gasteiger charge is -2.18. The number of hydrogen-bond acceptors (Lipinski definition) is 2. The molecular formula is C24H34NO2+. The van der Waals surface area contributed by atoms with Crippen molar-refractivity contribution in [3.8, 4) is 11.5 Å². The molecule has 2 aromatic rings. The molecule has 0 saturated heterocycles. The van der Waals surface area contributed by atoms with E-state index in [0.717, 1.165) is 24.1 Å². The van der Waals surface area contributed by atoms with Crippen molar-refractivity contribution in [2.45, 2.75) is 71.1 Å². The van der Waals surface area contributed by atoms with Gasteiger partial charge in [0, 0.05) is 5.56 Å². The third-order valence-corrected chi connectivity index (χ3v) is 5.58. The minimum Gasteiger partial charge on any atom is -0.493 e. The minimum absolute atomic E-state index is 0.560. The van der Waals surface area contributed by atoms with Gasteiger partial charge >= 0.3 is 0 Å². The zero-order valence-electron chi connectivity index (χ0n) is 16.9. The Bertz CT molecular complexity index is 688. The lowest BCUT2D eigenvalue weighted by Crippen LogP contribution is -2.88. The number of aryl methyl sites for hydroxylation is 1. The van der Waals surface area contributed by atoms with Crippen LogP contribution in [0.5, 0.6) is 11.5 Å². The summed E-state index contributed by atoms with van der Waals surface area (Å²) in [4.78, 5) is 0. The van der Waals surface area contributed by atoms with Crippen LogP contribution in [0, 0.1) is 6.92 Å². The van der Waals surface area contributed by atoms with Gasteiger partial charge in [0.25, 0.3) is 0 Å². The van der Waals surface area contributed by atoms with Gasteiger partial charge < -0.3 is 14.8 Å². The number of rotatable bonds is 7.